The number of hydrogen-bond donors (Lipinski definition) is 0. The number of hydrogen-bond acceptors (Lipinski definition) is 4. The molecule has 5 heteroatoms. The van der Waals surface area contributed by atoms with Gasteiger partial charge in [-0.15, -0.1) is 0 Å². The van der Waals surface area contributed by atoms with E-state index in [1.54, 1.807) is 31.2 Å². The molecule has 0 amide bonds. The topological polar surface area (TPSA) is 44.8 Å². The number of ether oxygens (including phenoxy) is 3. The number of esters is 1. The van der Waals surface area contributed by atoms with E-state index in [1.165, 1.54) is 0 Å². The lowest BCUT2D eigenvalue weighted by Crippen LogP contribution is -2.08. The van der Waals surface area contributed by atoms with Crippen molar-refractivity contribution in [2.45, 2.75) is 6.92 Å². The average molecular weight is 317 g/mol. The lowest BCUT2D eigenvalue weighted by molar-refractivity contribution is 0.0526. The molecule has 0 fully saturated rings. The highest BCUT2D eigenvalue weighted by molar-refractivity contribution is 9.09. The van der Waals surface area contributed by atoms with Gasteiger partial charge in [-0.05, 0) is 31.2 Å². The number of benzene rings is 1. The summed E-state index contributed by atoms with van der Waals surface area (Å²) in [7, 11) is 0. The minimum absolute atomic E-state index is 0.315. The Kier molecular flexibility index (Phi) is 7.44. The third-order valence-electron chi connectivity index (χ3n) is 2.08. The van der Waals surface area contributed by atoms with Crippen molar-refractivity contribution in [1.82, 2.24) is 0 Å². The Balaban J connectivity index is 2.33. The van der Waals surface area contributed by atoms with Crippen molar-refractivity contribution in [3.05, 3.63) is 29.8 Å². The molecule has 0 atom stereocenters. The molecule has 0 unspecified atom stereocenters. The summed E-state index contributed by atoms with van der Waals surface area (Å²) in [6, 6.07) is 6.87. The third kappa shape index (κ3) is 5.51. The predicted octanol–water partition coefficient (Wildman–Crippen LogP) is 2.65. The van der Waals surface area contributed by atoms with Gasteiger partial charge in [0.2, 0.25) is 0 Å². The summed E-state index contributed by atoms with van der Waals surface area (Å²) in [4.78, 5) is 11.4. The van der Waals surface area contributed by atoms with Crippen molar-refractivity contribution in [2.75, 3.05) is 31.8 Å². The van der Waals surface area contributed by atoms with E-state index in [9.17, 15) is 4.79 Å². The first-order valence-corrected chi connectivity index (χ1v) is 6.93. The van der Waals surface area contributed by atoms with Crippen LogP contribution in [0.25, 0.3) is 0 Å². The smallest absolute Gasteiger partial charge is 0.338 e. The SMILES string of the molecule is CCOC(=O)c1ccc(OCCOCCBr)cc1. The highest BCUT2D eigenvalue weighted by atomic mass is 79.9. The van der Waals surface area contributed by atoms with Crippen LogP contribution in [0.2, 0.25) is 0 Å². The van der Waals surface area contributed by atoms with E-state index >= 15 is 0 Å². The number of carbonyl (C=O) groups excluding carboxylic acids is 1. The Morgan fingerprint density at radius 1 is 1.17 bits per heavy atom. The van der Waals surface area contributed by atoms with Crippen molar-refractivity contribution in [3.8, 4) is 5.75 Å². The van der Waals surface area contributed by atoms with E-state index in [2.05, 4.69) is 15.9 Å². The summed E-state index contributed by atoms with van der Waals surface area (Å²) < 4.78 is 15.6. The molecular formula is C13H17BrO4. The van der Waals surface area contributed by atoms with Crippen LogP contribution in [0.4, 0.5) is 0 Å². The lowest BCUT2D eigenvalue weighted by Gasteiger charge is -2.07. The molecule has 1 rings (SSSR count). The molecule has 0 aliphatic rings. The molecule has 0 saturated heterocycles. The van der Waals surface area contributed by atoms with Gasteiger partial charge in [0.1, 0.15) is 12.4 Å². The fourth-order valence-electron chi connectivity index (χ4n) is 1.28. The van der Waals surface area contributed by atoms with E-state index in [4.69, 9.17) is 14.2 Å². The Hall–Kier alpha value is -1.07. The maximum absolute atomic E-state index is 11.4. The molecule has 4 nitrogen and oxygen atoms in total. The molecule has 1 aromatic carbocycles. The maximum atomic E-state index is 11.4. The summed E-state index contributed by atoms with van der Waals surface area (Å²) in [5.41, 5.74) is 0.528. The molecule has 0 heterocycles. The Labute approximate surface area is 115 Å². The minimum atomic E-state index is -0.315. The maximum Gasteiger partial charge on any atom is 0.338 e. The fourth-order valence-corrected chi connectivity index (χ4v) is 1.51. The third-order valence-corrected chi connectivity index (χ3v) is 2.41. The second kappa shape index (κ2) is 8.94. The Morgan fingerprint density at radius 2 is 1.89 bits per heavy atom. The standard InChI is InChI=1S/C13H17BrO4/c1-2-17-13(15)11-3-5-12(6-4-11)18-10-9-16-8-7-14/h3-6H,2,7-10H2,1H3. The molecule has 0 aliphatic heterocycles. The quantitative estimate of drug-likeness (QED) is 0.420. The van der Waals surface area contributed by atoms with Gasteiger partial charge in [-0.1, -0.05) is 15.9 Å². The number of rotatable bonds is 8. The lowest BCUT2D eigenvalue weighted by atomic mass is 10.2. The zero-order valence-electron chi connectivity index (χ0n) is 10.4. The van der Waals surface area contributed by atoms with Crippen LogP contribution in [-0.4, -0.2) is 37.7 Å². The Morgan fingerprint density at radius 3 is 2.50 bits per heavy atom. The van der Waals surface area contributed by atoms with Gasteiger partial charge in [-0.3, -0.25) is 0 Å². The van der Waals surface area contributed by atoms with E-state index < -0.39 is 0 Å². The van der Waals surface area contributed by atoms with Crippen LogP contribution >= 0.6 is 15.9 Å². The highest BCUT2D eigenvalue weighted by Crippen LogP contribution is 2.12. The van der Waals surface area contributed by atoms with E-state index in [-0.39, 0.29) is 5.97 Å². The highest BCUT2D eigenvalue weighted by Gasteiger charge is 2.05. The van der Waals surface area contributed by atoms with Gasteiger partial charge in [0.25, 0.3) is 0 Å². The molecule has 0 aliphatic carbocycles. The summed E-state index contributed by atoms with van der Waals surface area (Å²) in [6.45, 7) is 3.87. The van der Waals surface area contributed by atoms with Crippen molar-refractivity contribution in [2.24, 2.45) is 0 Å². The van der Waals surface area contributed by atoms with Gasteiger partial charge < -0.3 is 14.2 Å². The number of alkyl halides is 1. The fraction of sp³-hybridized carbons (Fsp3) is 0.462. The van der Waals surface area contributed by atoms with Gasteiger partial charge >= 0.3 is 5.97 Å². The van der Waals surface area contributed by atoms with Crippen molar-refractivity contribution < 1.29 is 19.0 Å². The summed E-state index contributed by atoms with van der Waals surface area (Å²) in [6.07, 6.45) is 0. The van der Waals surface area contributed by atoms with Gasteiger partial charge in [0.05, 0.1) is 25.4 Å². The first-order valence-electron chi connectivity index (χ1n) is 5.81. The molecule has 0 spiro atoms. The molecule has 18 heavy (non-hydrogen) atoms. The summed E-state index contributed by atoms with van der Waals surface area (Å²) >= 11 is 3.27. The van der Waals surface area contributed by atoms with Crippen LogP contribution in [0.15, 0.2) is 24.3 Å². The molecule has 0 N–H and O–H groups in total. The van der Waals surface area contributed by atoms with Crippen LogP contribution < -0.4 is 4.74 Å². The zero-order chi connectivity index (χ0) is 13.2. The molecule has 0 bridgehead atoms. The zero-order valence-corrected chi connectivity index (χ0v) is 11.9. The molecule has 0 radical (unpaired) electrons. The summed E-state index contributed by atoms with van der Waals surface area (Å²) in [5.74, 6) is 0.398. The Bertz CT molecular complexity index is 351. The molecule has 1 aromatic rings. The van der Waals surface area contributed by atoms with Crippen molar-refractivity contribution >= 4 is 21.9 Å². The van der Waals surface area contributed by atoms with Crippen LogP contribution in [0, 0.1) is 0 Å². The first kappa shape index (κ1) is 15.0. The molecule has 0 saturated carbocycles. The normalized spacial score (nSPS) is 10.1. The summed E-state index contributed by atoms with van der Waals surface area (Å²) in [5, 5.41) is 0.821. The van der Waals surface area contributed by atoms with Crippen LogP contribution in [0.5, 0.6) is 5.75 Å². The predicted molar refractivity (Wildman–Crippen MR) is 72.5 cm³/mol. The van der Waals surface area contributed by atoms with Crippen LogP contribution in [0.3, 0.4) is 0 Å². The van der Waals surface area contributed by atoms with Crippen LogP contribution in [0.1, 0.15) is 17.3 Å². The van der Waals surface area contributed by atoms with Gasteiger partial charge in [0.15, 0.2) is 0 Å². The van der Waals surface area contributed by atoms with Gasteiger partial charge in [-0.2, -0.15) is 0 Å². The second-order valence-corrected chi connectivity index (χ2v) is 4.19. The molecule has 0 aromatic heterocycles. The van der Waals surface area contributed by atoms with Gasteiger partial charge in [-0.25, -0.2) is 4.79 Å². The monoisotopic (exact) mass is 316 g/mol. The number of halogens is 1. The van der Waals surface area contributed by atoms with Gasteiger partial charge in [0, 0.05) is 5.33 Å². The van der Waals surface area contributed by atoms with E-state index in [0.29, 0.717) is 37.7 Å². The molecular weight excluding hydrogens is 300 g/mol. The second-order valence-electron chi connectivity index (χ2n) is 3.39. The largest absolute Gasteiger partial charge is 0.491 e. The van der Waals surface area contributed by atoms with Crippen molar-refractivity contribution in [1.29, 1.82) is 0 Å². The first-order chi connectivity index (χ1) is 8.77. The van der Waals surface area contributed by atoms with E-state index in [1.807, 2.05) is 0 Å². The number of carbonyl (C=O) groups is 1. The van der Waals surface area contributed by atoms with Crippen molar-refractivity contribution in [3.63, 3.8) is 0 Å². The average Bonchev–Trinajstić information content (AvgIpc) is 2.39. The van der Waals surface area contributed by atoms with Crippen LogP contribution in [-0.2, 0) is 9.47 Å². The van der Waals surface area contributed by atoms with E-state index in [0.717, 1.165) is 5.33 Å². The minimum Gasteiger partial charge on any atom is -0.491 e. The molecule has 100 valence electrons.